The van der Waals surface area contributed by atoms with E-state index in [1.54, 1.807) is 0 Å². The Morgan fingerprint density at radius 1 is 0.409 bits per heavy atom. The average Bonchev–Trinajstić information content (AvgIpc) is 3.47. The molecule has 8 rings (SSSR count). The Kier molecular flexibility index (Phi) is 6.47. The van der Waals surface area contributed by atoms with Crippen LogP contribution in [-0.2, 0) is 0 Å². The predicted octanol–water partition coefficient (Wildman–Crippen LogP) is 10.8. The minimum absolute atomic E-state index is 0.550. The standard InChI is InChI=1S/C39H24ClN3O/c40-31-17-8-16-29(23-31)38-41-37(28-15-7-14-27(22-28)25-10-3-1-4-11-25)42-39(43-38)30-20-21-33-35(24-30)44-34-19-9-18-32(36(33)34)26-12-5-2-6-13-26/h1-24H. The molecule has 2 aromatic heterocycles. The topological polar surface area (TPSA) is 51.8 Å². The molecule has 0 unspecified atom stereocenters. The molecule has 0 radical (unpaired) electrons. The van der Waals surface area contributed by atoms with Crippen LogP contribution in [0.15, 0.2) is 150 Å². The molecule has 0 atom stereocenters. The Bertz CT molecular complexity index is 2300. The summed E-state index contributed by atoms with van der Waals surface area (Å²) in [5.41, 5.74) is 8.68. The van der Waals surface area contributed by atoms with Crippen LogP contribution in [0.4, 0.5) is 0 Å². The molecule has 0 aliphatic heterocycles. The zero-order chi connectivity index (χ0) is 29.5. The van der Waals surface area contributed by atoms with Gasteiger partial charge in [-0.05, 0) is 58.7 Å². The van der Waals surface area contributed by atoms with Gasteiger partial charge in [0.05, 0.1) is 0 Å². The first-order valence-corrected chi connectivity index (χ1v) is 14.8. The molecule has 0 fully saturated rings. The van der Waals surface area contributed by atoms with Crippen LogP contribution < -0.4 is 0 Å². The first-order valence-electron chi connectivity index (χ1n) is 14.4. The molecule has 44 heavy (non-hydrogen) atoms. The van der Waals surface area contributed by atoms with Crippen LogP contribution in [0.25, 0.3) is 78.4 Å². The van der Waals surface area contributed by atoms with E-state index in [1.807, 2.05) is 78.9 Å². The molecular formula is C39H24ClN3O. The highest BCUT2D eigenvalue weighted by atomic mass is 35.5. The fourth-order valence-electron chi connectivity index (χ4n) is 5.68. The summed E-state index contributed by atoms with van der Waals surface area (Å²) in [6.07, 6.45) is 0. The van der Waals surface area contributed by atoms with Crippen molar-refractivity contribution in [3.8, 4) is 56.4 Å². The van der Waals surface area contributed by atoms with Gasteiger partial charge in [-0.1, -0.05) is 121 Å². The highest BCUT2D eigenvalue weighted by Gasteiger charge is 2.17. The maximum atomic E-state index is 6.40. The van der Waals surface area contributed by atoms with Crippen molar-refractivity contribution in [1.29, 1.82) is 0 Å². The van der Waals surface area contributed by atoms with Gasteiger partial charge in [-0.2, -0.15) is 0 Å². The quantitative estimate of drug-likeness (QED) is 0.201. The molecule has 4 nitrogen and oxygen atoms in total. The summed E-state index contributed by atoms with van der Waals surface area (Å²) in [5, 5.41) is 2.76. The maximum Gasteiger partial charge on any atom is 0.164 e. The van der Waals surface area contributed by atoms with E-state index in [0.717, 1.165) is 60.9 Å². The van der Waals surface area contributed by atoms with E-state index < -0.39 is 0 Å². The van der Waals surface area contributed by atoms with Gasteiger partial charge in [0.2, 0.25) is 0 Å². The number of nitrogens with zero attached hydrogens (tertiary/aromatic N) is 3. The lowest BCUT2D eigenvalue weighted by Crippen LogP contribution is -2.00. The van der Waals surface area contributed by atoms with E-state index in [1.165, 1.54) is 0 Å². The number of halogens is 1. The molecular weight excluding hydrogens is 562 g/mol. The van der Waals surface area contributed by atoms with Crippen molar-refractivity contribution in [2.24, 2.45) is 0 Å². The fourth-order valence-corrected chi connectivity index (χ4v) is 5.87. The molecule has 5 heteroatoms. The first kappa shape index (κ1) is 26.1. The van der Waals surface area contributed by atoms with Crippen molar-refractivity contribution in [1.82, 2.24) is 15.0 Å². The highest BCUT2D eigenvalue weighted by Crippen LogP contribution is 2.38. The Balaban J connectivity index is 1.29. The summed E-state index contributed by atoms with van der Waals surface area (Å²) >= 11 is 6.37. The molecule has 0 bridgehead atoms. The van der Waals surface area contributed by atoms with Gasteiger partial charge >= 0.3 is 0 Å². The van der Waals surface area contributed by atoms with E-state index in [-0.39, 0.29) is 0 Å². The fraction of sp³-hybridized carbons (Fsp3) is 0. The van der Waals surface area contributed by atoms with Gasteiger partial charge in [-0.25, -0.2) is 15.0 Å². The number of furan rings is 1. The van der Waals surface area contributed by atoms with Crippen LogP contribution in [0, 0.1) is 0 Å². The van der Waals surface area contributed by atoms with Crippen molar-refractivity contribution in [2.45, 2.75) is 0 Å². The molecule has 0 aliphatic carbocycles. The van der Waals surface area contributed by atoms with Gasteiger partial charge in [0.1, 0.15) is 11.2 Å². The summed E-state index contributed by atoms with van der Waals surface area (Å²) in [6, 6.07) is 48.9. The van der Waals surface area contributed by atoms with E-state index in [9.17, 15) is 0 Å². The second-order valence-electron chi connectivity index (χ2n) is 10.6. The Hall–Kier alpha value is -5.58. The zero-order valence-electron chi connectivity index (χ0n) is 23.5. The second-order valence-corrected chi connectivity index (χ2v) is 11.1. The molecule has 0 saturated carbocycles. The summed E-state index contributed by atoms with van der Waals surface area (Å²) in [6.45, 7) is 0. The van der Waals surface area contributed by atoms with Crippen LogP contribution in [0.5, 0.6) is 0 Å². The third kappa shape index (κ3) is 4.81. The monoisotopic (exact) mass is 585 g/mol. The molecule has 0 aliphatic rings. The predicted molar refractivity (Wildman–Crippen MR) is 179 cm³/mol. The average molecular weight is 586 g/mol. The van der Waals surface area contributed by atoms with E-state index in [2.05, 4.69) is 66.7 Å². The number of hydrogen-bond donors (Lipinski definition) is 0. The van der Waals surface area contributed by atoms with Gasteiger partial charge in [-0.15, -0.1) is 0 Å². The van der Waals surface area contributed by atoms with Crippen molar-refractivity contribution < 1.29 is 4.42 Å². The second kappa shape index (κ2) is 10.9. The SMILES string of the molecule is Clc1cccc(-c2nc(-c3cccc(-c4ccccc4)c3)nc(-c3ccc4c(c3)oc3cccc(-c5ccccc5)c34)n2)c1. The number of hydrogen-bond acceptors (Lipinski definition) is 4. The van der Waals surface area contributed by atoms with Gasteiger partial charge in [-0.3, -0.25) is 0 Å². The third-order valence-corrected chi connectivity index (χ3v) is 8.02. The molecule has 2 heterocycles. The lowest BCUT2D eigenvalue weighted by Gasteiger charge is -2.10. The normalized spacial score (nSPS) is 11.3. The minimum atomic E-state index is 0.550. The smallest absolute Gasteiger partial charge is 0.164 e. The lowest BCUT2D eigenvalue weighted by atomic mass is 9.99. The third-order valence-electron chi connectivity index (χ3n) is 7.79. The van der Waals surface area contributed by atoms with Crippen LogP contribution in [0.1, 0.15) is 0 Å². The number of fused-ring (bicyclic) bond motifs is 3. The Morgan fingerprint density at radius 3 is 1.68 bits per heavy atom. The van der Waals surface area contributed by atoms with Gasteiger partial charge in [0.25, 0.3) is 0 Å². The molecule has 0 saturated heterocycles. The zero-order valence-corrected chi connectivity index (χ0v) is 24.2. The number of aromatic nitrogens is 3. The molecule has 0 amide bonds. The van der Waals surface area contributed by atoms with E-state index in [4.69, 9.17) is 31.0 Å². The van der Waals surface area contributed by atoms with E-state index >= 15 is 0 Å². The highest BCUT2D eigenvalue weighted by molar-refractivity contribution is 6.30. The molecule has 6 aromatic carbocycles. The summed E-state index contributed by atoms with van der Waals surface area (Å²) in [4.78, 5) is 14.8. The van der Waals surface area contributed by atoms with Crippen molar-refractivity contribution in [3.05, 3.63) is 151 Å². The molecule has 0 spiro atoms. The lowest BCUT2D eigenvalue weighted by molar-refractivity contribution is 0.669. The van der Waals surface area contributed by atoms with Gasteiger partial charge in [0, 0.05) is 32.5 Å². The first-order chi connectivity index (χ1) is 21.7. The summed E-state index contributed by atoms with van der Waals surface area (Å²) in [7, 11) is 0. The minimum Gasteiger partial charge on any atom is -0.456 e. The Morgan fingerprint density at radius 2 is 0.977 bits per heavy atom. The largest absolute Gasteiger partial charge is 0.456 e. The van der Waals surface area contributed by atoms with Crippen LogP contribution in [0.3, 0.4) is 0 Å². The summed E-state index contributed by atoms with van der Waals surface area (Å²) in [5.74, 6) is 1.69. The number of benzene rings is 6. The van der Waals surface area contributed by atoms with Gasteiger partial charge in [0.15, 0.2) is 17.5 Å². The maximum absolute atomic E-state index is 6.40. The van der Waals surface area contributed by atoms with Gasteiger partial charge < -0.3 is 4.42 Å². The molecule has 8 aromatic rings. The summed E-state index contributed by atoms with van der Waals surface area (Å²) < 4.78 is 6.40. The molecule has 208 valence electrons. The van der Waals surface area contributed by atoms with Crippen molar-refractivity contribution in [3.63, 3.8) is 0 Å². The van der Waals surface area contributed by atoms with Crippen molar-refractivity contribution >= 4 is 33.5 Å². The van der Waals surface area contributed by atoms with Crippen LogP contribution in [0.2, 0.25) is 5.02 Å². The Labute approximate surface area is 259 Å². The molecule has 0 N–H and O–H groups in total. The van der Waals surface area contributed by atoms with E-state index in [0.29, 0.717) is 22.5 Å². The van der Waals surface area contributed by atoms with Crippen molar-refractivity contribution in [2.75, 3.05) is 0 Å². The van der Waals surface area contributed by atoms with Crippen LogP contribution >= 0.6 is 11.6 Å². The number of rotatable bonds is 5. The van der Waals surface area contributed by atoms with Crippen LogP contribution in [-0.4, -0.2) is 15.0 Å².